The van der Waals surface area contributed by atoms with Gasteiger partial charge in [-0.2, -0.15) is 24.4 Å². The second-order valence-electron chi connectivity index (χ2n) is 4.90. The van der Waals surface area contributed by atoms with Gasteiger partial charge in [-0.05, 0) is 42.7 Å². The zero-order valence-electron chi connectivity index (χ0n) is 14.1. The number of hydrogen-bond donors (Lipinski definition) is 6. The van der Waals surface area contributed by atoms with Crippen LogP contribution >= 0.6 is 36.8 Å². The highest BCUT2D eigenvalue weighted by Crippen LogP contribution is 2.07. The van der Waals surface area contributed by atoms with Crippen LogP contribution in [0.15, 0.2) is 24.3 Å². The van der Waals surface area contributed by atoms with Crippen molar-refractivity contribution in [3.63, 3.8) is 0 Å². The minimum Gasteiger partial charge on any atom is -0.480 e. The summed E-state index contributed by atoms with van der Waals surface area (Å²) in [5.41, 5.74) is 11.4. The Morgan fingerprint density at radius 3 is 2.08 bits per heavy atom. The van der Waals surface area contributed by atoms with Crippen molar-refractivity contribution in [1.82, 2.24) is 5.32 Å². The van der Waals surface area contributed by atoms with Crippen LogP contribution in [-0.4, -0.2) is 57.9 Å². The molecule has 0 heterocycles. The minimum absolute atomic E-state index is 0. The molecule has 2 atom stereocenters. The number of thioether (sulfide) groups is 1. The first-order valence-electron chi connectivity index (χ1n) is 7.20. The van der Waals surface area contributed by atoms with Crippen molar-refractivity contribution in [3.8, 4) is 0 Å². The molecule has 0 aliphatic rings. The molecule has 0 spiro atoms. The molecule has 26 heavy (non-hydrogen) atoms. The Morgan fingerprint density at radius 2 is 1.73 bits per heavy atom. The maximum atomic E-state index is 11.8. The third-order valence-electron chi connectivity index (χ3n) is 2.90. The molecular formula is C15H24ClN3O5S2. The van der Waals surface area contributed by atoms with Crippen LogP contribution in [0.25, 0.3) is 0 Å². The van der Waals surface area contributed by atoms with Crippen molar-refractivity contribution in [1.29, 1.82) is 0 Å². The van der Waals surface area contributed by atoms with E-state index in [9.17, 15) is 14.4 Å². The van der Waals surface area contributed by atoms with Gasteiger partial charge in [0.2, 0.25) is 0 Å². The lowest BCUT2D eigenvalue weighted by molar-refractivity contribution is -0.139. The molecule has 0 fully saturated rings. The summed E-state index contributed by atoms with van der Waals surface area (Å²) in [7, 11) is 0. The van der Waals surface area contributed by atoms with Crippen LogP contribution in [0.1, 0.15) is 16.8 Å². The van der Waals surface area contributed by atoms with Crippen molar-refractivity contribution in [2.45, 2.75) is 18.5 Å². The second kappa shape index (κ2) is 14.5. The molecule has 1 rings (SSSR count). The van der Waals surface area contributed by atoms with E-state index in [0.717, 1.165) is 0 Å². The van der Waals surface area contributed by atoms with Crippen LogP contribution in [-0.2, 0) is 9.59 Å². The quantitative estimate of drug-likeness (QED) is 0.265. The Kier molecular flexibility index (Phi) is 14.9. The first-order chi connectivity index (χ1) is 11.7. The summed E-state index contributed by atoms with van der Waals surface area (Å²) in [4.78, 5) is 32.6. The van der Waals surface area contributed by atoms with Crippen LogP contribution in [0.3, 0.4) is 0 Å². The van der Waals surface area contributed by atoms with Crippen LogP contribution < -0.4 is 16.8 Å². The second-order valence-corrected chi connectivity index (χ2v) is 6.25. The maximum absolute atomic E-state index is 11.8. The number of carboxylic acid groups (broad SMARTS) is 2. The average molecular weight is 426 g/mol. The standard InChI is InChI=1S/C12H16N2O3S.C3H7NO2S.ClH/c1-18-7-6-10(12(16)17)14-11(15)8-2-4-9(13)5-3-8;4-2(1-7)3(5)6;/h2-5,10H,6-7,13H2,1H3,(H,14,15)(H,16,17);2,7H,1,4H2,(H,5,6);1H/t10-;2-;/m00./s1. The smallest absolute Gasteiger partial charge is 0.326 e. The van der Waals surface area contributed by atoms with Crippen molar-refractivity contribution in [2.75, 3.05) is 23.5 Å². The molecule has 0 aromatic heterocycles. The molecule has 7 N–H and O–H groups in total. The fraction of sp³-hybridized carbons (Fsp3) is 0.400. The molecule has 0 saturated heterocycles. The lowest BCUT2D eigenvalue weighted by atomic mass is 10.1. The highest BCUT2D eigenvalue weighted by molar-refractivity contribution is 7.98. The van der Waals surface area contributed by atoms with Gasteiger partial charge in [0.1, 0.15) is 12.1 Å². The fourth-order valence-electron chi connectivity index (χ4n) is 1.45. The summed E-state index contributed by atoms with van der Waals surface area (Å²) in [6.07, 6.45) is 2.29. The molecule has 0 unspecified atom stereocenters. The first-order valence-corrected chi connectivity index (χ1v) is 9.22. The molecule has 0 radical (unpaired) electrons. The van der Waals surface area contributed by atoms with Gasteiger partial charge in [0, 0.05) is 17.0 Å². The number of carboxylic acids is 2. The van der Waals surface area contributed by atoms with Crippen molar-refractivity contribution in [3.05, 3.63) is 29.8 Å². The van der Waals surface area contributed by atoms with E-state index < -0.39 is 29.9 Å². The van der Waals surface area contributed by atoms with E-state index in [1.54, 1.807) is 36.0 Å². The number of thiol groups is 1. The van der Waals surface area contributed by atoms with Gasteiger partial charge in [-0.3, -0.25) is 9.59 Å². The largest absolute Gasteiger partial charge is 0.480 e. The van der Waals surface area contributed by atoms with Gasteiger partial charge in [-0.15, -0.1) is 12.4 Å². The molecule has 1 aromatic carbocycles. The number of nitrogen functional groups attached to an aromatic ring is 1. The van der Waals surface area contributed by atoms with E-state index in [1.165, 1.54) is 0 Å². The topological polar surface area (TPSA) is 156 Å². The lowest BCUT2D eigenvalue weighted by Crippen LogP contribution is -2.41. The van der Waals surface area contributed by atoms with Gasteiger partial charge < -0.3 is 27.0 Å². The van der Waals surface area contributed by atoms with Gasteiger partial charge in [0.25, 0.3) is 5.91 Å². The van der Waals surface area contributed by atoms with Crippen molar-refractivity contribution >= 4 is 60.3 Å². The van der Waals surface area contributed by atoms with E-state index >= 15 is 0 Å². The summed E-state index contributed by atoms with van der Waals surface area (Å²) < 4.78 is 0. The van der Waals surface area contributed by atoms with E-state index in [1.807, 2.05) is 6.26 Å². The predicted molar refractivity (Wildman–Crippen MR) is 109 cm³/mol. The number of carbonyl (C=O) groups excluding carboxylic acids is 1. The number of amides is 1. The van der Waals surface area contributed by atoms with Crippen molar-refractivity contribution in [2.24, 2.45) is 5.73 Å². The summed E-state index contributed by atoms with van der Waals surface area (Å²) in [6, 6.07) is 4.67. The van der Waals surface area contributed by atoms with E-state index in [4.69, 9.17) is 21.7 Å². The fourth-order valence-corrected chi connectivity index (χ4v) is 2.07. The number of hydrogen-bond acceptors (Lipinski definition) is 7. The van der Waals surface area contributed by atoms with E-state index in [2.05, 4.69) is 17.9 Å². The monoisotopic (exact) mass is 425 g/mol. The van der Waals surface area contributed by atoms with Gasteiger partial charge >= 0.3 is 11.9 Å². The minimum atomic E-state index is -1.02. The van der Waals surface area contributed by atoms with E-state index in [0.29, 0.717) is 23.4 Å². The van der Waals surface area contributed by atoms with E-state index in [-0.39, 0.29) is 18.2 Å². The molecule has 0 aliphatic carbocycles. The molecule has 1 amide bonds. The van der Waals surface area contributed by atoms with Gasteiger partial charge in [0.05, 0.1) is 0 Å². The van der Waals surface area contributed by atoms with Crippen molar-refractivity contribution < 1.29 is 24.6 Å². The summed E-state index contributed by atoms with van der Waals surface area (Å²) in [6.45, 7) is 0. The first kappa shape index (κ1) is 26.6. The van der Waals surface area contributed by atoms with Gasteiger partial charge in [-0.25, -0.2) is 4.79 Å². The normalized spacial score (nSPS) is 11.8. The average Bonchev–Trinajstić information content (AvgIpc) is 2.58. The molecule has 0 saturated carbocycles. The third kappa shape index (κ3) is 11.1. The number of aliphatic carboxylic acids is 2. The van der Waals surface area contributed by atoms with Gasteiger partial charge in [0.15, 0.2) is 0 Å². The number of anilines is 1. The lowest BCUT2D eigenvalue weighted by Gasteiger charge is -2.13. The summed E-state index contributed by atoms with van der Waals surface area (Å²) in [5, 5.41) is 19.5. The molecule has 8 nitrogen and oxygen atoms in total. The van der Waals surface area contributed by atoms with Crippen LogP contribution in [0.5, 0.6) is 0 Å². The molecule has 1 aromatic rings. The number of carbonyl (C=O) groups is 3. The van der Waals surface area contributed by atoms with Crippen LogP contribution in [0.2, 0.25) is 0 Å². The summed E-state index contributed by atoms with van der Waals surface area (Å²) in [5.74, 6) is -1.56. The number of rotatable bonds is 8. The molecule has 0 bridgehead atoms. The van der Waals surface area contributed by atoms with Crippen LogP contribution in [0.4, 0.5) is 5.69 Å². The maximum Gasteiger partial charge on any atom is 0.326 e. The SMILES string of the molecule is CSCC[C@H](NC(=O)c1ccc(N)cc1)C(=O)O.Cl.N[C@@H](CS)C(=O)O. The number of benzene rings is 1. The zero-order chi connectivity index (χ0) is 19.4. The molecule has 148 valence electrons. The number of nitrogens with one attached hydrogen (secondary N) is 1. The predicted octanol–water partition coefficient (Wildman–Crippen LogP) is 0.955. The Hall–Kier alpha value is -1.62. The third-order valence-corrected chi connectivity index (χ3v) is 3.94. The Morgan fingerprint density at radius 1 is 1.19 bits per heavy atom. The zero-order valence-corrected chi connectivity index (χ0v) is 16.7. The Balaban J connectivity index is 0. The number of halogens is 1. The number of nitrogens with two attached hydrogens (primary N) is 2. The summed E-state index contributed by atoms with van der Waals surface area (Å²) >= 11 is 5.19. The molecule has 11 heteroatoms. The van der Waals surface area contributed by atoms with Crippen LogP contribution in [0, 0.1) is 0 Å². The Labute approximate surface area is 167 Å². The highest BCUT2D eigenvalue weighted by Gasteiger charge is 2.19. The highest BCUT2D eigenvalue weighted by atomic mass is 35.5. The van der Waals surface area contributed by atoms with Gasteiger partial charge in [-0.1, -0.05) is 0 Å². The molecule has 0 aliphatic heterocycles. The molecular weight excluding hydrogens is 402 g/mol. The Bertz CT molecular complexity index is 575.